The molecule has 0 N–H and O–H groups in total. The van der Waals surface area contributed by atoms with Crippen molar-refractivity contribution in [1.29, 1.82) is 0 Å². The van der Waals surface area contributed by atoms with Gasteiger partial charge in [0.15, 0.2) is 7.98 Å². The lowest BCUT2D eigenvalue weighted by molar-refractivity contribution is -0.119. The second kappa shape index (κ2) is 2.75. The molecule has 2 nitrogen and oxygen atoms in total. The highest BCUT2D eigenvalue weighted by molar-refractivity contribution is 6.07. The van der Waals surface area contributed by atoms with Crippen LogP contribution in [0.2, 0.25) is 0 Å². The van der Waals surface area contributed by atoms with Crippen molar-refractivity contribution < 1.29 is 6.17 Å². The van der Waals surface area contributed by atoms with Crippen molar-refractivity contribution in [1.82, 2.24) is 4.81 Å². The van der Waals surface area contributed by atoms with E-state index in [-0.39, 0.29) is 17.7 Å². The predicted molar refractivity (Wildman–Crippen MR) is 40.7 cm³/mol. The molecule has 1 aliphatic heterocycles. The van der Waals surface area contributed by atoms with E-state index in [1.165, 1.54) is 11.7 Å². The average molecular weight is 138 g/mol. The zero-order valence-corrected chi connectivity index (χ0v) is 6.37. The smallest absolute Gasteiger partial charge is 0.183 e. The summed E-state index contributed by atoms with van der Waals surface area (Å²) in [5.41, 5.74) is 0. The molecular weight excluding hydrogens is 125 g/mol. The molecule has 54 valence electrons. The molecule has 3 heteroatoms. The Morgan fingerprint density at radius 2 is 2.50 bits per heavy atom. The molecule has 10 heavy (non-hydrogen) atoms. The van der Waals surface area contributed by atoms with E-state index < -0.39 is 6.52 Å². The van der Waals surface area contributed by atoms with Gasteiger partial charge in [-0.25, -0.2) is 0 Å². The molecule has 1 rings (SSSR count). The van der Waals surface area contributed by atoms with Crippen LogP contribution in [0, 0.1) is 5.92 Å². The molecule has 2 radical (unpaired) electrons. The maximum Gasteiger partial charge on any atom is 0.183 e. The zero-order valence-electron chi connectivity index (χ0n) is 7.37. The summed E-state index contributed by atoms with van der Waals surface area (Å²) in [6.45, 7) is 3.05. The average Bonchev–Trinajstić information content (AvgIpc) is 2.17. The molecule has 0 aromatic carbocycles. The van der Waals surface area contributed by atoms with Crippen LogP contribution in [0.15, 0.2) is 0 Å². The number of carbonyl (C=O) groups excluding carboxylic acids is 1. The first-order valence-electron chi connectivity index (χ1n) is 4.07. The Kier molecular flexibility index (Phi) is 1.76. The molecule has 0 aromatic heterocycles. The first-order chi connectivity index (χ1) is 5.04. The van der Waals surface area contributed by atoms with Gasteiger partial charge in [-0.1, -0.05) is 6.92 Å². The number of rotatable bonds is 1. The van der Waals surface area contributed by atoms with E-state index in [1.54, 1.807) is 0 Å². The van der Waals surface area contributed by atoms with Crippen LogP contribution in [0.4, 0.5) is 0 Å². The van der Waals surface area contributed by atoms with E-state index in [0.29, 0.717) is 0 Å². The van der Waals surface area contributed by atoms with Crippen molar-refractivity contribution in [2.45, 2.75) is 26.3 Å². The monoisotopic (exact) mass is 138 g/mol. The molecule has 1 heterocycles. The van der Waals surface area contributed by atoms with Crippen LogP contribution in [0.3, 0.4) is 0 Å². The normalized spacial score (nSPS) is 43.4. The van der Waals surface area contributed by atoms with Crippen LogP contribution in [0.5, 0.6) is 0 Å². The summed E-state index contributed by atoms with van der Waals surface area (Å²) in [6, 6.07) is -0.229. The Balaban J connectivity index is 2.67. The van der Waals surface area contributed by atoms with Gasteiger partial charge < -0.3 is 4.81 Å². The maximum atomic E-state index is 10.9. The Bertz CT molecular complexity index is 176. The lowest BCUT2D eigenvalue weighted by Crippen LogP contribution is -2.32. The molecule has 3 unspecified atom stereocenters. The van der Waals surface area contributed by atoms with E-state index in [9.17, 15) is 4.79 Å². The molecule has 0 bridgehead atoms. The fourth-order valence-electron chi connectivity index (χ4n) is 1.31. The quantitative estimate of drug-likeness (QED) is 0.488. The minimum Gasteiger partial charge on any atom is -0.345 e. The molecule has 0 spiro atoms. The lowest BCUT2D eigenvalue weighted by atomic mass is 10.1. The van der Waals surface area contributed by atoms with Crippen LogP contribution >= 0.6 is 0 Å². The van der Waals surface area contributed by atoms with Crippen molar-refractivity contribution in [2.75, 3.05) is 6.52 Å². The first kappa shape index (κ1) is 6.41. The van der Waals surface area contributed by atoms with Crippen LogP contribution in [-0.4, -0.2) is 31.1 Å². The maximum absolute atomic E-state index is 10.9. The number of hydrogen-bond acceptors (Lipinski definition) is 2. The molecule has 1 fully saturated rings. The van der Waals surface area contributed by atoms with Gasteiger partial charge in [-0.05, 0) is 25.8 Å². The molecule has 0 amide bonds. The summed E-state index contributed by atoms with van der Waals surface area (Å²) >= 11 is 0. The molecule has 1 aliphatic rings. The lowest BCUT2D eigenvalue weighted by Gasteiger charge is -2.15. The third-order valence-corrected chi connectivity index (χ3v) is 1.85. The van der Waals surface area contributed by atoms with E-state index in [2.05, 4.69) is 0 Å². The molecule has 0 saturated carbocycles. The van der Waals surface area contributed by atoms with E-state index in [0.717, 1.165) is 6.42 Å². The van der Waals surface area contributed by atoms with Gasteiger partial charge in [-0.15, -0.1) is 0 Å². The third-order valence-electron chi connectivity index (χ3n) is 1.85. The Hall–Kier alpha value is -0.305. The van der Waals surface area contributed by atoms with Crippen molar-refractivity contribution >= 4 is 13.8 Å². The highest BCUT2D eigenvalue weighted by Crippen LogP contribution is 2.20. The molecule has 0 aliphatic carbocycles. The molecule has 1 saturated heterocycles. The third kappa shape index (κ3) is 1.40. The highest BCUT2D eigenvalue weighted by atomic mass is 16.1. The van der Waals surface area contributed by atoms with Gasteiger partial charge in [-0.3, -0.25) is 4.79 Å². The fourth-order valence-corrected chi connectivity index (χ4v) is 1.31. The Morgan fingerprint density at radius 1 is 1.90 bits per heavy atom. The second-order valence-corrected chi connectivity index (χ2v) is 2.94. The van der Waals surface area contributed by atoms with Gasteiger partial charge >= 0.3 is 0 Å². The van der Waals surface area contributed by atoms with Gasteiger partial charge in [0.05, 0.1) is 6.04 Å². The van der Waals surface area contributed by atoms with Crippen molar-refractivity contribution in [3.8, 4) is 0 Å². The number of nitrogens with zero attached hydrogens (tertiary/aromatic N) is 1. The largest absolute Gasteiger partial charge is 0.345 e. The number of Topliss-reactive ketones (excluding diaryl/α,β-unsaturated/α-hetero) is 1. The van der Waals surface area contributed by atoms with Gasteiger partial charge in [-0.2, -0.15) is 0 Å². The van der Waals surface area contributed by atoms with E-state index in [1.807, 2.05) is 6.92 Å². The fraction of sp³-hybridized carbons (Fsp3) is 0.857. The first-order valence-corrected chi connectivity index (χ1v) is 3.49. The van der Waals surface area contributed by atoms with E-state index in [4.69, 9.17) is 9.35 Å². The van der Waals surface area contributed by atoms with Crippen molar-refractivity contribution in [3.05, 3.63) is 0 Å². The summed E-state index contributed by atoms with van der Waals surface area (Å²) in [7, 11) is 5.54. The number of ketones is 1. The van der Waals surface area contributed by atoms with Crippen molar-refractivity contribution in [3.63, 3.8) is 0 Å². The van der Waals surface area contributed by atoms with Crippen LogP contribution < -0.4 is 0 Å². The van der Waals surface area contributed by atoms with Crippen molar-refractivity contribution in [2.24, 2.45) is 5.92 Å². The Morgan fingerprint density at radius 3 is 2.70 bits per heavy atom. The summed E-state index contributed by atoms with van der Waals surface area (Å²) in [5.74, 6) is 0.267. The molecular formula is C7H12BNO. The van der Waals surface area contributed by atoms with Crippen LogP contribution in [-0.2, 0) is 4.79 Å². The molecule has 3 atom stereocenters. The van der Waals surface area contributed by atoms with E-state index >= 15 is 0 Å². The van der Waals surface area contributed by atoms with Crippen LogP contribution in [0.1, 0.15) is 21.6 Å². The standard InChI is InChI=1S/C7H12BNO/c1-5-3-7(6(2)10)9(8)4-5/h5,7H,3-4H2,1-2H3/i4D. The Labute approximate surface area is 64.4 Å². The summed E-state index contributed by atoms with van der Waals surface area (Å²) in [6.07, 6.45) is 0.722. The van der Waals surface area contributed by atoms with Gasteiger partial charge in [0.1, 0.15) is 5.78 Å². The van der Waals surface area contributed by atoms with Gasteiger partial charge in [0.2, 0.25) is 0 Å². The molecule has 0 aromatic rings. The second-order valence-electron chi connectivity index (χ2n) is 2.94. The minimum atomic E-state index is -0.413. The number of hydrogen-bond donors (Lipinski definition) is 0. The highest BCUT2D eigenvalue weighted by Gasteiger charge is 2.28. The minimum absolute atomic E-state index is 0.0640. The summed E-state index contributed by atoms with van der Waals surface area (Å²) in [5, 5.41) is 0. The predicted octanol–water partition coefficient (Wildman–Crippen LogP) is 0.369. The van der Waals surface area contributed by atoms with Crippen LogP contribution in [0.25, 0.3) is 0 Å². The van der Waals surface area contributed by atoms with Gasteiger partial charge in [0, 0.05) is 1.37 Å². The van der Waals surface area contributed by atoms with Gasteiger partial charge in [0.25, 0.3) is 0 Å². The summed E-state index contributed by atoms with van der Waals surface area (Å²) < 4.78 is 7.52. The summed E-state index contributed by atoms with van der Waals surface area (Å²) in [4.78, 5) is 12.3. The topological polar surface area (TPSA) is 20.3 Å². The zero-order chi connectivity index (χ0) is 8.59. The SMILES string of the molecule is [2H]C1C(C)CC(C(C)=O)N1[B]. The number of carbonyl (C=O) groups is 1.